The highest BCUT2D eigenvalue weighted by molar-refractivity contribution is 7.22. The molecule has 1 saturated heterocycles. The SMILES string of the molecule is Cc1ccc2sc(N3CCN(c4nccn5c(C)nnc45)CC3)nc2c1C. The topological polar surface area (TPSA) is 62.5 Å². The van der Waals surface area contributed by atoms with Gasteiger partial charge in [0.25, 0.3) is 0 Å². The summed E-state index contributed by atoms with van der Waals surface area (Å²) in [5.41, 5.74) is 4.55. The zero-order valence-corrected chi connectivity index (χ0v) is 16.5. The van der Waals surface area contributed by atoms with Crippen LogP contribution < -0.4 is 9.80 Å². The van der Waals surface area contributed by atoms with Crippen LogP contribution in [0.15, 0.2) is 24.5 Å². The molecule has 0 atom stereocenters. The Morgan fingerprint density at radius 1 is 0.963 bits per heavy atom. The molecule has 0 spiro atoms. The number of rotatable bonds is 2. The Bertz CT molecular complexity index is 1140. The van der Waals surface area contributed by atoms with E-state index in [1.165, 1.54) is 15.8 Å². The number of benzene rings is 1. The third kappa shape index (κ3) is 2.63. The van der Waals surface area contributed by atoms with E-state index in [9.17, 15) is 0 Å². The van der Waals surface area contributed by atoms with Gasteiger partial charge >= 0.3 is 0 Å². The molecule has 1 aliphatic heterocycles. The maximum atomic E-state index is 4.93. The first kappa shape index (κ1) is 16.4. The van der Waals surface area contributed by atoms with Crippen molar-refractivity contribution in [3.63, 3.8) is 0 Å². The molecule has 1 aromatic carbocycles. The van der Waals surface area contributed by atoms with E-state index in [0.717, 1.165) is 54.1 Å². The zero-order chi connectivity index (χ0) is 18.5. The van der Waals surface area contributed by atoms with Gasteiger partial charge in [0.1, 0.15) is 5.82 Å². The van der Waals surface area contributed by atoms with Gasteiger partial charge in [0.2, 0.25) is 5.65 Å². The van der Waals surface area contributed by atoms with Crippen molar-refractivity contribution in [1.82, 2.24) is 24.6 Å². The average Bonchev–Trinajstić information content (AvgIpc) is 3.30. The lowest BCUT2D eigenvalue weighted by molar-refractivity contribution is 0.646. The van der Waals surface area contributed by atoms with Crippen molar-refractivity contribution in [2.75, 3.05) is 36.0 Å². The molecule has 0 saturated carbocycles. The molecule has 138 valence electrons. The van der Waals surface area contributed by atoms with Gasteiger partial charge in [-0.25, -0.2) is 9.97 Å². The standard InChI is InChI=1S/C19H21N7S/c1-12-4-5-15-16(13(12)2)21-19(27-15)25-10-8-24(9-11-25)17-18-23-22-14(3)26(18)7-6-20-17/h4-7H,8-11H2,1-3H3. The minimum absolute atomic E-state index is 0.828. The molecule has 5 rings (SSSR count). The first-order chi connectivity index (χ1) is 13.1. The minimum Gasteiger partial charge on any atom is -0.350 e. The molecular formula is C19H21N7S. The van der Waals surface area contributed by atoms with Crippen molar-refractivity contribution in [2.45, 2.75) is 20.8 Å². The van der Waals surface area contributed by atoms with Crippen molar-refractivity contribution in [3.05, 3.63) is 41.5 Å². The maximum absolute atomic E-state index is 4.93. The number of nitrogens with zero attached hydrogens (tertiary/aromatic N) is 7. The quantitative estimate of drug-likeness (QED) is 0.534. The lowest BCUT2D eigenvalue weighted by Gasteiger charge is -2.35. The molecule has 1 fully saturated rings. The van der Waals surface area contributed by atoms with Gasteiger partial charge in [-0.3, -0.25) is 4.40 Å². The molecule has 0 bridgehead atoms. The molecule has 3 aromatic heterocycles. The summed E-state index contributed by atoms with van der Waals surface area (Å²) < 4.78 is 3.26. The van der Waals surface area contributed by atoms with Gasteiger partial charge in [0.05, 0.1) is 10.2 Å². The van der Waals surface area contributed by atoms with E-state index in [2.05, 4.69) is 51.0 Å². The Balaban J connectivity index is 1.39. The van der Waals surface area contributed by atoms with Crippen LogP contribution in [0.1, 0.15) is 17.0 Å². The van der Waals surface area contributed by atoms with E-state index in [1.807, 2.05) is 23.7 Å². The molecule has 0 radical (unpaired) electrons. The number of thiazole rings is 1. The van der Waals surface area contributed by atoms with Crippen LogP contribution in [0.5, 0.6) is 0 Å². The smallest absolute Gasteiger partial charge is 0.203 e. The van der Waals surface area contributed by atoms with Crippen molar-refractivity contribution in [1.29, 1.82) is 0 Å². The molecule has 27 heavy (non-hydrogen) atoms. The molecule has 8 heteroatoms. The van der Waals surface area contributed by atoms with Gasteiger partial charge in [-0.1, -0.05) is 17.4 Å². The van der Waals surface area contributed by atoms with Gasteiger partial charge in [0.15, 0.2) is 10.9 Å². The number of fused-ring (bicyclic) bond motifs is 2. The molecule has 0 aliphatic carbocycles. The number of piperazine rings is 1. The fourth-order valence-electron chi connectivity index (χ4n) is 3.61. The van der Waals surface area contributed by atoms with Gasteiger partial charge in [-0.2, -0.15) is 0 Å². The van der Waals surface area contributed by atoms with Gasteiger partial charge in [-0.05, 0) is 38.0 Å². The molecule has 1 aliphatic rings. The molecule has 7 nitrogen and oxygen atoms in total. The van der Waals surface area contributed by atoms with Gasteiger partial charge < -0.3 is 9.80 Å². The first-order valence-electron chi connectivity index (χ1n) is 9.15. The monoisotopic (exact) mass is 379 g/mol. The van der Waals surface area contributed by atoms with Crippen LogP contribution in [0.4, 0.5) is 10.9 Å². The summed E-state index contributed by atoms with van der Waals surface area (Å²) in [7, 11) is 0. The summed E-state index contributed by atoms with van der Waals surface area (Å²) in [6, 6.07) is 4.37. The number of anilines is 2. The molecule has 4 heterocycles. The Labute approximate surface area is 161 Å². The van der Waals surface area contributed by atoms with Crippen molar-refractivity contribution < 1.29 is 0 Å². The van der Waals surface area contributed by atoms with Crippen LogP contribution in [-0.4, -0.2) is 50.7 Å². The van der Waals surface area contributed by atoms with Crippen molar-refractivity contribution in [3.8, 4) is 0 Å². The van der Waals surface area contributed by atoms with E-state index in [-0.39, 0.29) is 0 Å². The van der Waals surface area contributed by atoms with Crippen LogP contribution >= 0.6 is 11.3 Å². The van der Waals surface area contributed by atoms with Crippen LogP contribution in [0, 0.1) is 20.8 Å². The summed E-state index contributed by atoms with van der Waals surface area (Å²) in [4.78, 5) is 14.2. The molecule has 0 N–H and O–H groups in total. The number of aryl methyl sites for hydroxylation is 3. The molecule has 0 unspecified atom stereocenters. The van der Waals surface area contributed by atoms with Crippen LogP contribution in [-0.2, 0) is 0 Å². The van der Waals surface area contributed by atoms with Gasteiger partial charge in [-0.15, -0.1) is 10.2 Å². The predicted octanol–water partition coefficient (Wildman–Crippen LogP) is 2.99. The second-order valence-electron chi connectivity index (χ2n) is 7.02. The van der Waals surface area contributed by atoms with Crippen LogP contribution in [0.2, 0.25) is 0 Å². The molecular weight excluding hydrogens is 358 g/mol. The third-order valence-corrected chi connectivity index (χ3v) is 6.48. The number of hydrogen-bond donors (Lipinski definition) is 0. The fraction of sp³-hybridized carbons (Fsp3) is 0.368. The lowest BCUT2D eigenvalue weighted by atomic mass is 10.1. The second kappa shape index (κ2) is 6.16. The first-order valence-corrected chi connectivity index (χ1v) is 9.96. The van der Waals surface area contributed by atoms with E-state index in [1.54, 1.807) is 11.3 Å². The lowest BCUT2D eigenvalue weighted by Crippen LogP contribution is -2.47. The van der Waals surface area contributed by atoms with Crippen LogP contribution in [0.25, 0.3) is 15.9 Å². The second-order valence-corrected chi connectivity index (χ2v) is 8.03. The normalized spacial score (nSPS) is 15.2. The Morgan fingerprint density at radius 3 is 2.56 bits per heavy atom. The number of hydrogen-bond acceptors (Lipinski definition) is 7. The fourth-order valence-corrected chi connectivity index (χ4v) is 4.69. The summed E-state index contributed by atoms with van der Waals surface area (Å²) in [6.45, 7) is 9.90. The number of aromatic nitrogens is 5. The van der Waals surface area contributed by atoms with Crippen LogP contribution in [0.3, 0.4) is 0 Å². The minimum atomic E-state index is 0.828. The average molecular weight is 379 g/mol. The van der Waals surface area contributed by atoms with Gasteiger partial charge in [0, 0.05) is 38.6 Å². The summed E-state index contributed by atoms with van der Waals surface area (Å²) in [6.07, 6.45) is 3.74. The summed E-state index contributed by atoms with van der Waals surface area (Å²) in [5.74, 6) is 1.79. The van der Waals surface area contributed by atoms with Crippen molar-refractivity contribution >= 4 is 38.2 Å². The maximum Gasteiger partial charge on any atom is 0.203 e. The largest absolute Gasteiger partial charge is 0.350 e. The highest BCUT2D eigenvalue weighted by atomic mass is 32.1. The van der Waals surface area contributed by atoms with Crippen molar-refractivity contribution in [2.24, 2.45) is 0 Å². The summed E-state index contributed by atoms with van der Waals surface area (Å²) in [5, 5.41) is 9.60. The Morgan fingerprint density at radius 2 is 1.74 bits per heavy atom. The molecule has 0 amide bonds. The zero-order valence-electron chi connectivity index (χ0n) is 15.7. The van der Waals surface area contributed by atoms with E-state index in [4.69, 9.17) is 4.98 Å². The summed E-state index contributed by atoms with van der Waals surface area (Å²) >= 11 is 1.78. The predicted molar refractivity (Wildman–Crippen MR) is 109 cm³/mol. The highest BCUT2D eigenvalue weighted by Crippen LogP contribution is 2.32. The molecule has 4 aromatic rings. The van der Waals surface area contributed by atoms with E-state index < -0.39 is 0 Å². The van der Waals surface area contributed by atoms with E-state index >= 15 is 0 Å². The highest BCUT2D eigenvalue weighted by Gasteiger charge is 2.23. The van der Waals surface area contributed by atoms with E-state index in [0.29, 0.717) is 0 Å². The third-order valence-electron chi connectivity index (χ3n) is 5.40. The Kier molecular flexibility index (Phi) is 3.75. The Hall–Kier alpha value is -2.74.